The Labute approximate surface area is 105 Å². The lowest BCUT2D eigenvalue weighted by atomic mass is 10.2. The van der Waals surface area contributed by atoms with Crippen LogP contribution in [0.4, 0.5) is 11.6 Å². The lowest BCUT2D eigenvalue weighted by molar-refractivity contribution is 0.602. The zero-order valence-electron chi connectivity index (χ0n) is 9.87. The van der Waals surface area contributed by atoms with Crippen molar-refractivity contribution in [1.82, 2.24) is 9.55 Å². The molecule has 1 aromatic carbocycles. The molecule has 0 saturated carbocycles. The van der Waals surface area contributed by atoms with E-state index in [0.29, 0.717) is 23.1 Å². The van der Waals surface area contributed by atoms with Crippen molar-refractivity contribution >= 4 is 21.5 Å². The number of hydrogen-bond donors (Lipinski definition) is 2. The molecule has 1 heterocycles. The van der Waals surface area contributed by atoms with Gasteiger partial charge in [0.15, 0.2) is 15.7 Å². The molecule has 0 radical (unpaired) electrons. The molecule has 4 N–H and O–H groups in total. The second kappa shape index (κ2) is 4.34. The molecule has 0 unspecified atom stereocenters. The number of rotatable bonds is 3. The monoisotopic (exact) mass is 266 g/mol. The van der Waals surface area contributed by atoms with Crippen LogP contribution in [0.25, 0.3) is 0 Å². The Bertz CT molecular complexity index is 659. The van der Waals surface area contributed by atoms with Crippen molar-refractivity contribution in [2.45, 2.75) is 11.4 Å². The fraction of sp³-hybridized carbons (Fsp3) is 0.182. The first-order valence-corrected chi connectivity index (χ1v) is 7.12. The molecule has 0 spiro atoms. The van der Waals surface area contributed by atoms with E-state index in [1.54, 1.807) is 35.2 Å². The highest BCUT2D eigenvalue weighted by atomic mass is 32.2. The van der Waals surface area contributed by atoms with Gasteiger partial charge in [-0.15, -0.1) is 0 Å². The highest BCUT2D eigenvalue weighted by molar-refractivity contribution is 7.90. The molecule has 7 heteroatoms. The SMILES string of the molecule is CS(=O)(=O)c1ccc(Cn2cnc(N)c2N)cc1. The molecule has 1 aromatic heterocycles. The van der Waals surface area contributed by atoms with Gasteiger partial charge in [-0.25, -0.2) is 13.4 Å². The van der Waals surface area contributed by atoms with E-state index in [1.807, 2.05) is 0 Å². The van der Waals surface area contributed by atoms with Crippen LogP contribution in [0.15, 0.2) is 35.5 Å². The van der Waals surface area contributed by atoms with Crippen molar-refractivity contribution in [3.05, 3.63) is 36.2 Å². The van der Waals surface area contributed by atoms with E-state index in [4.69, 9.17) is 11.5 Å². The molecular weight excluding hydrogens is 252 g/mol. The number of hydrogen-bond acceptors (Lipinski definition) is 5. The average molecular weight is 266 g/mol. The normalized spacial score (nSPS) is 11.6. The Hall–Kier alpha value is -2.02. The second-order valence-electron chi connectivity index (χ2n) is 4.06. The van der Waals surface area contributed by atoms with Gasteiger partial charge in [0, 0.05) is 6.26 Å². The highest BCUT2D eigenvalue weighted by Gasteiger charge is 2.07. The highest BCUT2D eigenvalue weighted by Crippen LogP contribution is 2.15. The van der Waals surface area contributed by atoms with Crippen molar-refractivity contribution < 1.29 is 8.42 Å². The number of nitrogens with two attached hydrogens (primary N) is 2. The van der Waals surface area contributed by atoms with Crippen molar-refractivity contribution in [3.8, 4) is 0 Å². The maximum atomic E-state index is 11.3. The van der Waals surface area contributed by atoms with Gasteiger partial charge in [0.2, 0.25) is 0 Å². The van der Waals surface area contributed by atoms with Gasteiger partial charge in [-0.05, 0) is 17.7 Å². The Morgan fingerprint density at radius 2 is 1.83 bits per heavy atom. The van der Waals surface area contributed by atoms with E-state index in [0.717, 1.165) is 5.56 Å². The summed E-state index contributed by atoms with van der Waals surface area (Å²) in [7, 11) is -3.16. The minimum absolute atomic E-state index is 0.294. The molecule has 0 bridgehead atoms. The zero-order valence-corrected chi connectivity index (χ0v) is 10.7. The first-order chi connectivity index (χ1) is 8.38. The summed E-state index contributed by atoms with van der Waals surface area (Å²) in [6.07, 6.45) is 2.73. The minimum atomic E-state index is -3.16. The topological polar surface area (TPSA) is 104 Å². The fourth-order valence-electron chi connectivity index (χ4n) is 1.57. The van der Waals surface area contributed by atoms with Gasteiger partial charge in [0.1, 0.15) is 5.82 Å². The van der Waals surface area contributed by atoms with Gasteiger partial charge < -0.3 is 16.0 Å². The van der Waals surface area contributed by atoms with E-state index in [9.17, 15) is 8.42 Å². The van der Waals surface area contributed by atoms with Crippen LogP contribution in [0, 0.1) is 0 Å². The van der Waals surface area contributed by atoms with Crippen LogP contribution in [0.5, 0.6) is 0 Å². The lowest BCUT2D eigenvalue weighted by Gasteiger charge is -2.06. The van der Waals surface area contributed by atoms with Crippen molar-refractivity contribution in [3.63, 3.8) is 0 Å². The molecule has 0 aliphatic rings. The van der Waals surface area contributed by atoms with Crippen LogP contribution < -0.4 is 11.5 Å². The van der Waals surface area contributed by atoms with E-state index in [2.05, 4.69) is 4.98 Å². The number of aromatic nitrogens is 2. The first kappa shape index (κ1) is 12.4. The third-order valence-corrected chi connectivity index (χ3v) is 3.74. The summed E-state index contributed by atoms with van der Waals surface area (Å²) in [5, 5.41) is 0. The Morgan fingerprint density at radius 3 is 2.28 bits per heavy atom. The summed E-state index contributed by atoms with van der Waals surface area (Å²) in [6.45, 7) is 0.500. The Morgan fingerprint density at radius 1 is 1.22 bits per heavy atom. The molecule has 2 aromatic rings. The predicted octanol–water partition coefficient (Wildman–Crippen LogP) is 0.499. The van der Waals surface area contributed by atoms with Crippen LogP contribution in [0.3, 0.4) is 0 Å². The van der Waals surface area contributed by atoms with Crippen LogP contribution in [-0.4, -0.2) is 24.2 Å². The molecule has 0 amide bonds. The molecule has 0 aliphatic carbocycles. The summed E-state index contributed by atoms with van der Waals surface area (Å²) >= 11 is 0. The summed E-state index contributed by atoms with van der Waals surface area (Å²) in [5.41, 5.74) is 12.2. The van der Waals surface area contributed by atoms with Gasteiger partial charge in [-0.2, -0.15) is 0 Å². The molecule has 2 rings (SSSR count). The molecule has 6 nitrogen and oxygen atoms in total. The van der Waals surface area contributed by atoms with E-state index in [-0.39, 0.29) is 0 Å². The largest absolute Gasteiger partial charge is 0.382 e. The van der Waals surface area contributed by atoms with Gasteiger partial charge in [-0.3, -0.25) is 0 Å². The van der Waals surface area contributed by atoms with Crippen molar-refractivity contribution in [1.29, 1.82) is 0 Å². The van der Waals surface area contributed by atoms with E-state index >= 15 is 0 Å². The second-order valence-corrected chi connectivity index (χ2v) is 6.07. The average Bonchev–Trinajstić information content (AvgIpc) is 2.61. The number of benzene rings is 1. The maximum Gasteiger partial charge on any atom is 0.175 e. The van der Waals surface area contributed by atoms with Crippen LogP contribution in [0.1, 0.15) is 5.56 Å². The Balaban J connectivity index is 2.24. The standard InChI is InChI=1S/C11H14N4O2S/c1-18(16,17)9-4-2-8(3-5-9)6-15-7-14-10(12)11(15)13/h2-5,7H,6,12-13H2,1H3. The first-order valence-electron chi connectivity index (χ1n) is 5.23. The van der Waals surface area contributed by atoms with Crippen LogP contribution in [-0.2, 0) is 16.4 Å². The van der Waals surface area contributed by atoms with E-state index < -0.39 is 9.84 Å². The van der Waals surface area contributed by atoms with Crippen LogP contribution in [0.2, 0.25) is 0 Å². The zero-order chi connectivity index (χ0) is 13.3. The third kappa shape index (κ3) is 2.45. The number of sulfone groups is 1. The quantitative estimate of drug-likeness (QED) is 0.841. The molecule has 0 atom stereocenters. The van der Waals surface area contributed by atoms with Crippen molar-refractivity contribution in [2.24, 2.45) is 0 Å². The van der Waals surface area contributed by atoms with E-state index in [1.165, 1.54) is 6.26 Å². The summed E-state index contributed by atoms with van der Waals surface area (Å²) in [4.78, 5) is 4.18. The van der Waals surface area contributed by atoms with Gasteiger partial charge in [0.05, 0.1) is 17.8 Å². The molecule has 18 heavy (non-hydrogen) atoms. The molecule has 0 aliphatic heterocycles. The number of imidazole rings is 1. The molecule has 96 valence electrons. The van der Waals surface area contributed by atoms with Crippen LogP contribution >= 0.6 is 0 Å². The molecule has 0 fully saturated rings. The Kier molecular flexibility index (Phi) is 3.00. The van der Waals surface area contributed by atoms with Gasteiger partial charge in [0.25, 0.3) is 0 Å². The fourth-order valence-corrected chi connectivity index (χ4v) is 2.20. The molecule has 0 saturated heterocycles. The van der Waals surface area contributed by atoms with Gasteiger partial charge in [-0.1, -0.05) is 12.1 Å². The summed E-state index contributed by atoms with van der Waals surface area (Å²) < 4.78 is 24.3. The van der Waals surface area contributed by atoms with Gasteiger partial charge >= 0.3 is 0 Å². The minimum Gasteiger partial charge on any atom is -0.382 e. The smallest absolute Gasteiger partial charge is 0.175 e. The number of nitrogens with zero attached hydrogens (tertiary/aromatic N) is 2. The summed E-state index contributed by atoms with van der Waals surface area (Å²) in [6, 6.07) is 6.63. The maximum absolute atomic E-state index is 11.3. The van der Waals surface area contributed by atoms with Crippen molar-refractivity contribution in [2.75, 3.05) is 17.7 Å². The lowest BCUT2D eigenvalue weighted by Crippen LogP contribution is -2.04. The predicted molar refractivity (Wildman–Crippen MR) is 69.7 cm³/mol. The number of nitrogen functional groups attached to an aromatic ring is 2. The number of anilines is 2. The summed E-state index contributed by atoms with van der Waals surface area (Å²) in [5.74, 6) is 0.699. The molecular formula is C11H14N4O2S. The third-order valence-electron chi connectivity index (χ3n) is 2.61.